The Hall–Kier alpha value is -0.820. The van der Waals surface area contributed by atoms with Crippen molar-refractivity contribution in [3.8, 4) is 0 Å². The molecule has 2 aliphatic carbocycles. The van der Waals surface area contributed by atoms with E-state index in [9.17, 15) is 0 Å². The van der Waals surface area contributed by atoms with Gasteiger partial charge in [0.15, 0.2) is 0 Å². The van der Waals surface area contributed by atoms with E-state index in [0.29, 0.717) is 0 Å². The van der Waals surface area contributed by atoms with Crippen LogP contribution in [0.25, 0.3) is 0 Å². The molecule has 1 aromatic carbocycles. The minimum atomic E-state index is 0.779. The Kier molecular flexibility index (Phi) is 3.93. The van der Waals surface area contributed by atoms with Crippen LogP contribution >= 0.6 is 0 Å². The lowest BCUT2D eigenvalue weighted by molar-refractivity contribution is 0.217. The monoisotopic (exact) mass is 257 g/mol. The lowest BCUT2D eigenvalue weighted by atomic mass is 9.75. The fourth-order valence-corrected chi connectivity index (χ4v) is 3.78. The molecule has 19 heavy (non-hydrogen) atoms. The maximum Gasteiger partial charge on any atom is 0.00813 e. The van der Waals surface area contributed by atoms with Gasteiger partial charge >= 0.3 is 0 Å². The fraction of sp³-hybridized carbons (Fsp3) is 0.667. The first-order chi connectivity index (χ1) is 9.20. The van der Waals surface area contributed by atoms with Crippen molar-refractivity contribution in [1.29, 1.82) is 0 Å². The van der Waals surface area contributed by atoms with Gasteiger partial charge in [0.25, 0.3) is 0 Å². The average molecular weight is 257 g/mol. The quantitative estimate of drug-likeness (QED) is 0.845. The molecule has 3 rings (SSSR count). The summed E-state index contributed by atoms with van der Waals surface area (Å²) in [4.78, 5) is 0. The first-order valence-corrected chi connectivity index (χ1v) is 8.03. The van der Waals surface area contributed by atoms with Crippen LogP contribution in [0.5, 0.6) is 0 Å². The predicted molar refractivity (Wildman–Crippen MR) is 81.5 cm³/mol. The molecule has 1 N–H and O–H groups in total. The number of nitrogens with one attached hydrogen (secondary N) is 1. The van der Waals surface area contributed by atoms with Crippen LogP contribution in [0.3, 0.4) is 0 Å². The zero-order chi connectivity index (χ0) is 13.2. The smallest absolute Gasteiger partial charge is 0.00813 e. The van der Waals surface area contributed by atoms with Crippen LogP contribution in [0.15, 0.2) is 24.3 Å². The van der Waals surface area contributed by atoms with Gasteiger partial charge in [-0.25, -0.2) is 0 Å². The van der Waals surface area contributed by atoms with Crippen LogP contribution in [0.2, 0.25) is 0 Å². The SMILES string of the molecule is Cc1ccc(C2CC(NC3CCCC(C)C3)C2)cc1. The summed E-state index contributed by atoms with van der Waals surface area (Å²) in [5.41, 5.74) is 2.91. The molecular formula is C18H27N. The summed E-state index contributed by atoms with van der Waals surface area (Å²) < 4.78 is 0. The highest BCUT2D eigenvalue weighted by atomic mass is 15.0. The van der Waals surface area contributed by atoms with Crippen LogP contribution in [-0.4, -0.2) is 12.1 Å². The number of hydrogen-bond donors (Lipinski definition) is 1. The molecule has 1 nitrogen and oxygen atoms in total. The second-order valence-electron chi connectivity index (χ2n) is 6.91. The standard InChI is InChI=1S/C18H27N/c1-13-6-8-15(9-7-13)16-11-18(12-16)19-17-5-3-4-14(2)10-17/h6-9,14,16-19H,3-5,10-12H2,1-2H3. The fourth-order valence-electron chi connectivity index (χ4n) is 3.78. The lowest BCUT2D eigenvalue weighted by Gasteiger charge is -2.40. The van der Waals surface area contributed by atoms with E-state index >= 15 is 0 Å². The number of aryl methyl sites for hydroxylation is 1. The van der Waals surface area contributed by atoms with E-state index in [4.69, 9.17) is 0 Å². The number of benzene rings is 1. The van der Waals surface area contributed by atoms with Gasteiger partial charge in [0, 0.05) is 12.1 Å². The normalized spacial score (nSPS) is 34.8. The molecule has 0 bridgehead atoms. The van der Waals surface area contributed by atoms with Crippen LogP contribution in [0, 0.1) is 12.8 Å². The Morgan fingerprint density at radius 3 is 2.37 bits per heavy atom. The highest BCUT2D eigenvalue weighted by molar-refractivity contribution is 5.26. The Bertz CT molecular complexity index is 402. The Morgan fingerprint density at radius 1 is 0.947 bits per heavy atom. The first kappa shape index (κ1) is 13.2. The van der Waals surface area contributed by atoms with E-state index in [0.717, 1.165) is 23.9 Å². The molecule has 2 fully saturated rings. The molecule has 2 saturated carbocycles. The molecule has 0 spiro atoms. The highest BCUT2D eigenvalue weighted by Crippen LogP contribution is 2.38. The zero-order valence-corrected chi connectivity index (χ0v) is 12.4. The van der Waals surface area contributed by atoms with E-state index in [1.54, 1.807) is 5.56 Å². The number of hydrogen-bond acceptors (Lipinski definition) is 1. The minimum absolute atomic E-state index is 0.779. The third-order valence-corrected chi connectivity index (χ3v) is 5.09. The molecule has 2 atom stereocenters. The maximum atomic E-state index is 3.90. The summed E-state index contributed by atoms with van der Waals surface area (Å²) in [6.07, 6.45) is 8.34. The molecule has 1 aromatic rings. The Labute approximate surface area is 117 Å². The van der Waals surface area contributed by atoms with E-state index in [2.05, 4.69) is 43.4 Å². The maximum absolute atomic E-state index is 3.90. The third kappa shape index (κ3) is 3.20. The van der Waals surface area contributed by atoms with Gasteiger partial charge in [-0.2, -0.15) is 0 Å². The highest BCUT2D eigenvalue weighted by Gasteiger charge is 2.32. The van der Waals surface area contributed by atoms with E-state index in [1.165, 1.54) is 44.1 Å². The van der Waals surface area contributed by atoms with Crippen LogP contribution in [0.1, 0.15) is 62.5 Å². The summed E-state index contributed by atoms with van der Waals surface area (Å²) in [5, 5.41) is 3.90. The minimum Gasteiger partial charge on any atom is -0.311 e. The van der Waals surface area contributed by atoms with Crippen molar-refractivity contribution in [3.05, 3.63) is 35.4 Å². The topological polar surface area (TPSA) is 12.0 Å². The zero-order valence-electron chi connectivity index (χ0n) is 12.4. The van der Waals surface area contributed by atoms with Crippen molar-refractivity contribution in [3.63, 3.8) is 0 Å². The summed E-state index contributed by atoms with van der Waals surface area (Å²) >= 11 is 0. The van der Waals surface area contributed by atoms with Gasteiger partial charge in [0.2, 0.25) is 0 Å². The Balaban J connectivity index is 1.46. The summed E-state index contributed by atoms with van der Waals surface area (Å²) in [7, 11) is 0. The second-order valence-corrected chi connectivity index (χ2v) is 6.91. The molecule has 2 unspecified atom stereocenters. The molecule has 0 amide bonds. The molecule has 0 heterocycles. The second kappa shape index (κ2) is 5.66. The molecule has 0 radical (unpaired) electrons. The van der Waals surface area contributed by atoms with Crippen LogP contribution < -0.4 is 5.32 Å². The van der Waals surface area contributed by atoms with Gasteiger partial charge in [0.1, 0.15) is 0 Å². The molecule has 0 aromatic heterocycles. The number of rotatable bonds is 3. The molecular weight excluding hydrogens is 230 g/mol. The molecule has 104 valence electrons. The Morgan fingerprint density at radius 2 is 1.68 bits per heavy atom. The largest absolute Gasteiger partial charge is 0.311 e. The van der Waals surface area contributed by atoms with Crippen LogP contribution in [-0.2, 0) is 0 Å². The third-order valence-electron chi connectivity index (χ3n) is 5.09. The average Bonchev–Trinajstić information content (AvgIpc) is 2.35. The van der Waals surface area contributed by atoms with E-state index < -0.39 is 0 Å². The van der Waals surface area contributed by atoms with Gasteiger partial charge in [-0.1, -0.05) is 49.6 Å². The van der Waals surface area contributed by atoms with Gasteiger partial charge in [-0.3, -0.25) is 0 Å². The van der Waals surface area contributed by atoms with Crippen molar-refractivity contribution < 1.29 is 0 Å². The van der Waals surface area contributed by atoms with E-state index in [1.807, 2.05) is 0 Å². The summed E-state index contributed by atoms with van der Waals surface area (Å²) in [5.74, 6) is 1.73. The van der Waals surface area contributed by atoms with Crippen molar-refractivity contribution in [2.45, 2.75) is 70.4 Å². The van der Waals surface area contributed by atoms with Gasteiger partial charge in [0.05, 0.1) is 0 Å². The van der Waals surface area contributed by atoms with E-state index in [-0.39, 0.29) is 0 Å². The van der Waals surface area contributed by atoms with Crippen molar-refractivity contribution in [2.75, 3.05) is 0 Å². The molecule has 1 heteroatoms. The van der Waals surface area contributed by atoms with Crippen molar-refractivity contribution >= 4 is 0 Å². The van der Waals surface area contributed by atoms with Gasteiger partial charge < -0.3 is 5.32 Å². The van der Waals surface area contributed by atoms with Gasteiger partial charge in [-0.15, -0.1) is 0 Å². The molecule has 0 saturated heterocycles. The first-order valence-electron chi connectivity index (χ1n) is 8.03. The lowest BCUT2D eigenvalue weighted by Crippen LogP contribution is -2.46. The molecule has 0 aliphatic heterocycles. The van der Waals surface area contributed by atoms with Crippen molar-refractivity contribution in [1.82, 2.24) is 5.32 Å². The summed E-state index contributed by atoms with van der Waals surface area (Å²) in [6.45, 7) is 4.57. The predicted octanol–water partition coefficient (Wildman–Crippen LogP) is 4.41. The van der Waals surface area contributed by atoms with Gasteiger partial charge in [-0.05, 0) is 50.0 Å². The molecule has 2 aliphatic rings. The summed E-state index contributed by atoms with van der Waals surface area (Å²) in [6, 6.07) is 10.7. The van der Waals surface area contributed by atoms with Crippen LogP contribution in [0.4, 0.5) is 0 Å². The van der Waals surface area contributed by atoms with Crippen molar-refractivity contribution in [2.24, 2.45) is 5.92 Å².